The molecule has 0 saturated carbocycles. The molecule has 0 unspecified atom stereocenters. The number of hydrogen-bond donors (Lipinski definition) is 1. The van der Waals surface area contributed by atoms with Crippen LogP contribution in [0, 0.1) is 0 Å². The van der Waals surface area contributed by atoms with Gasteiger partial charge in [0.05, 0.1) is 0 Å². The molecule has 0 aliphatic heterocycles. The second-order valence-corrected chi connectivity index (χ2v) is 18.1. The highest BCUT2D eigenvalue weighted by Crippen LogP contribution is 2.33. The summed E-state index contributed by atoms with van der Waals surface area (Å²) < 4.78 is 0. The molecule has 0 aromatic heterocycles. The molecule has 0 spiro atoms. The van der Waals surface area contributed by atoms with Gasteiger partial charge in [0, 0.05) is 6.92 Å². The first-order valence-corrected chi connectivity index (χ1v) is 22.1. The number of carboxylic acids is 1. The Morgan fingerprint density at radius 2 is 1.05 bits per heavy atom. The first-order valence-electron chi connectivity index (χ1n) is 16.9. The van der Waals surface area contributed by atoms with E-state index in [1.807, 2.05) is 0 Å². The van der Waals surface area contributed by atoms with Crippen LogP contribution in [0.3, 0.4) is 0 Å². The Kier molecular flexibility index (Phi) is 27.1. The van der Waals surface area contributed by atoms with E-state index in [1.54, 1.807) is 11.1 Å². The number of aliphatic carboxylic acids is 1. The predicted octanol–water partition coefficient (Wildman–Crippen LogP) is 13.4. The van der Waals surface area contributed by atoms with Gasteiger partial charge in [-0.15, -0.1) is 33.2 Å². The minimum Gasteiger partial charge on any atom is -0.481 e. The molecule has 3 aromatic rings. The Balaban J connectivity index is 0.000000667. The molecular formula is C37H58Cl3FO2Si. The molecule has 0 radical (unpaired) electrons. The fourth-order valence-electron chi connectivity index (χ4n) is 5.79. The van der Waals surface area contributed by atoms with Crippen LogP contribution in [0.25, 0.3) is 21.5 Å². The maximum absolute atomic E-state index is 9.00. The smallest absolute Gasteiger partial charge is 0.326 e. The lowest BCUT2D eigenvalue weighted by Crippen LogP contribution is -2.02. The molecule has 0 atom stereocenters. The van der Waals surface area contributed by atoms with Crippen molar-refractivity contribution in [2.24, 2.45) is 0 Å². The van der Waals surface area contributed by atoms with Gasteiger partial charge in [0.1, 0.15) is 0 Å². The van der Waals surface area contributed by atoms with E-state index in [0.29, 0.717) is 0 Å². The normalized spacial score (nSPS) is 11.7. The van der Waals surface area contributed by atoms with Crippen LogP contribution in [0.5, 0.6) is 0 Å². The van der Waals surface area contributed by atoms with Gasteiger partial charge in [0.25, 0.3) is 5.97 Å². The standard InChI is InChI=1S/C18H16.C17H36.C2H4O2.Cl3HSi.FH/c1-3-7-15-13(5-1)9-11-18-16-8-4-2-6-14(16)10-12-17(15)18;1-3-5-7-9-11-13-15-17-16-14-12-10-8-6-4-2;1-2(3)4;1-4(2)3;/h1,3,5,7,9-12H,2,4,6,8H2;3-17H2,1-2H3;1H3,(H,3,4);4H;1H. The monoisotopic (exact) mass is 686 g/mol. The molecule has 1 aliphatic rings. The maximum Gasteiger partial charge on any atom is 0.326 e. The van der Waals surface area contributed by atoms with E-state index in [9.17, 15) is 0 Å². The number of halogens is 4. The average molecular weight is 688 g/mol. The van der Waals surface area contributed by atoms with Gasteiger partial charge in [-0.05, 0) is 58.4 Å². The van der Waals surface area contributed by atoms with Crippen molar-refractivity contribution in [1.29, 1.82) is 0 Å². The number of hydrogen-bond acceptors (Lipinski definition) is 1. The van der Waals surface area contributed by atoms with E-state index in [4.69, 9.17) is 43.1 Å². The molecule has 3 aromatic carbocycles. The summed E-state index contributed by atoms with van der Waals surface area (Å²) >= 11 is 14.8. The highest BCUT2D eigenvalue weighted by Gasteiger charge is 2.13. The molecule has 0 bridgehead atoms. The molecule has 0 heterocycles. The third-order valence-corrected chi connectivity index (χ3v) is 7.96. The van der Waals surface area contributed by atoms with Crippen LogP contribution in [0.4, 0.5) is 4.70 Å². The van der Waals surface area contributed by atoms with E-state index in [-0.39, 0.29) is 4.70 Å². The van der Waals surface area contributed by atoms with Crippen molar-refractivity contribution in [2.75, 3.05) is 0 Å². The number of aryl methyl sites for hydroxylation is 2. The predicted molar refractivity (Wildman–Crippen MR) is 199 cm³/mol. The Labute approximate surface area is 283 Å². The zero-order chi connectivity index (χ0) is 31.7. The van der Waals surface area contributed by atoms with Crippen molar-refractivity contribution in [3.8, 4) is 0 Å². The Bertz CT molecular complexity index is 1120. The van der Waals surface area contributed by atoms with Crippen molar-refractivity contribution >= 4 is 67.5 Å². The van der Waals surface area contributed by atoms with Crippen LogP contribution in [0.1, 0.15) is 141 Å². The van der Waals surface area contributed by atoms with Gasteiger partial charge in [0.2, 0.25) is 0 Å². The summed E-state index contributed by atoms with van der Waals surface area (Å²) in [5, 5.41) is 13.1. The zero-order valence-electron chi connectivity index (χ0n) is 27.5. The summed E-state index contributed by atoms with van der Waals surface area (Å²) in [5.41, 5.74) is 3.17. The molecule has 0 amide bonds. The van der Waals surface area contributed by atoms with Gasteiger partial charge in [-0.2, -0.15) is 0 Å². The van der Waals surface area contributed by atoms with Gasteiger partial charge >= 0.3 is 6.73 Å². The van der Waals surface area contributed by atoms with E-state index in [1.165, 1.54) is 144 Å². The fourth-order valence-corrected chi connectivity index (χ4v) is 5.79. The van der Waals surface area contributed by atoms with Crippen molar-refractivity contribution in [3.63, 3.8) is 0 Å². The summed E-state index contributed by atoms with van der Waals surface area (Å²) in [6, 6.07) is 18.0. The molecule has 0 saturated heterocycles. The summed E-state index contributed by atoms with van der Waals surface area (Å²) in [5.74, 6) is -0.833. The molecule has 2 nitrogen and oxygen atoms in total. The molecular weight excluding hydrogens is 630 g/mol. The third kappa shape index (κ3) is 19.9. The second kappa shape index (κ2) is 27.9. The number of carbonyl (C=O) groups is 1. The van der Waals surface area contributed by atoms with Crippen LogP contribution in [0.2, 0.25) is 0 Å². The number of rotatable bonds is 14. The maximum atomic E-state index is 9.00. The second-order valence-electron chi connectivity index (χ2n) is 11.7. The summed E-state index contributed by atoms with van der Waals surface area (Å²) in [7, 11) is 0. The zero-order valence-corrected chi connectivity index (χ0v) is 31.0. The Morgan fingerprint density at radius 3 is 1.52 bits per heavy atom. The lowest BCUT2D eigenvalue weighted by molar-refractivity contribution is -0.134. The number of fused-ring (bicyclic) bond motifs is 5. The lowest BCUT2D eigenvalue weighted by Gasteiger charge is -2.18. The minimum atomic E-state index is -1.72. The first kappa shape index (κ1) is 42.7. The van der Waals surface area contributed by atoms with Crippen molar-refractivity contribution in [1.82, 2.24) is 0 Å². The van der Waals surface area contributed by atoms with E-state index in [0.717, 1.165) is 6.92 Å². The van der Waals surface area contributed by atoms with Crippen molar-refractivity contribution in [3.05, 3.63) is 59.7 Å². The molecule has 7 heteroatoms. The molecule has 250 valence electrons. The first-order chi connectivity index (χ1) is 20.8. The average Bonchev–Trinajstić information content (AvgIpc) is 2.99. The topological polar surface area (TPSA) is 37.3 Å². The van der Waals surface area contributed by atoms with Crippen LogP contribution < -0.4 is 0 Å². The third-order valence-electron chi connectivity index (χ3n) is 7.96. The highest BCUT2D eigenvalue weighted by atomic mass is 35.8. The van der Waals surface area contributed by atoms with Crippen LogP contribution in [-0.4, -0.2) is 17.8 Å². The summed E-state index contributed by atoms with van der Waals surface area (Å²) in [6.45, 7) is 3.95. The number of benzene rings is 3. The Hall–Kier alpha value is -1.33. The minimum absolute atomic E-state index is 0. The van der Waals surface area contributed by atoms with Gasteiger partial charge in [-0.1, -0.05) is 159 Å². The molecule has 0 fully saturated rings. The molecule has 44 heavy (non-hydrogen) atoms. The van der Waals surface area contributed by atoms with Gasteiger partial charge in [-0.3, -0.25) is 9.50 Å². The van der Waals surface area contributed by atoms with Gasteiger partial charge in [0.15, 0.2) is 0 Å². The number of carboxylic acid groups (broad SMARTS) is 1. The summed E-state index contributed by atoms with van der Waals surface area (Å²) in [4.78, 5) is 9.00. The highest BCUT2D eigenvalue weighted by molar-refractivity contribution is 7.54. The molecule has 1 N–H and O–H groups in total. The van der Waals surface area contributed by atoms with Crippen LogP contribution in [-0.2, 0) is 17.6 Å². The van der Waals surface area contributed by atoms with Gasteiger partial charge in [-0.25, -0.2) is 0 Å². The molecule has 4 rings (SSSR count). The van der Waals surface area contributed by atoms with Crippen LogP contribution >= 0.6 is 33.2 Å². The fraction of sp³-hybridized carbons (Fsp3) is 0.595. The van der Waals surface area contributed by atoms with Crippen molar-refractivity contribution < 1.29 is 14.6 Å². The number of unbranched alkanes of at least 4 members (excludes halogenated alkanes) is 14. The lowest BCUT2D eigenvalue weighted by atomic mass is 9.86. The van der Waals surface area contributed by atoms with Crippen LogP contribution in [0.15, 0.2) is 48.5 Å². The largest absolute Gasteiger partial charge is 0.481 e. The van der Waals surface area contributed by atoms with E-state index in [2.05, 4.69) is 62.4 Å². The van der Waals surface area contributed by atoms with Gasteiger partial charge < -0.3 is 5.11 Å². The SMILES string of the molecule is CC(=O)O.CCCCCCCCCCCCCCCCC.Cl[SiH](Cl)Cl.F.c1ccc2c(c1)ccc1c3c(ccc12)CCCC3. The summed E-state index contributed by atoms with van der Waals surface area (Å²) in [6.07, 6.45) is 27.1. The van der Waals surface area contributed by atoms with E-state index < -0.39 is 12.7 Å². The van der Waals surface area contributed by atoms with E-state index >= 15 is 0 Å². The quantitative estimate of drug-likeness (QED) is 0.0792. The Morgan fingerprint density at radius 1 is 0.636 bits per heavy atom. The molecule has 1 aliphatic carbocycles. The van der Waals surface area contributed by atoms with Crippen molar-refractivity contribution in [2.45, 2.75) is 143 Å².